The normalized spacial score (nSPS) is 14.1. The van der Waals surface area contributed by atoms with Crippen LogP contribution < -0.4 is 20.7 Å². The second-order valence-corrected chi connectivity index (χ2v) is 6.58. The number of rotatable bonds is 6. The number of anilines is 2. The van der Waals surface area contributed by atoms with Crippen LogP contribution in [0.4, 0.5) is 16.3 Å². The Morgan fingerprint density at radius 2 is 1.90 bits per heavy atom. The summed E-state index contributed by atoms with van der Waals surface area (Å²) in [4.78, 5) is 26.3. The predicted octanol–water partition coefficient (Wildman–Crippen LogP) is 2.34. The number of methoxy groups -OCH3 is 1. The second kappa shape index (κ2) is 10.7. The van der Waals surface area contributed by atoms with Gasteiger partial charge in [-0.05, 0) is 32.0 Å². The standard InChI is InChI=1S/C19H26N6O3.ClH/c1-20-13-18(26)24-11-8-14(9-12-24)25-17(7-10-21-25)23-19(27)22-15-5-3-4-6-16(15)28-2;/h3-7,10,14,20H,8-9,11-13H2,1-2H3,(H2,22,23,27);1H. The second-order valence-electron chi connectivity index (χ2n) is 6.58. The summed E-state index contributed by atoms with van der Waals surface area (Å²) in [5, 5.41) is 12.9. The quantitative estimate of drug-likeness (QED) is 0.663. The molecular formula is C19H27ClN6O3. The molecule has 1 aliphatic rings. The molecule has 9 nitrogen and oxygen atoms in total. The number of carbonyl (C=O) groups excluding carboxylic acids is 2. The summed E-state index contributed by atoms with van der Waals surface area (Å²) in [7, 11) is 3.32. The number of urea groups is 1. The maximum Gasteiger partial charge on any atom is 0.324 e. The number of nitrogens with one attached hydrogen (secondary N) is 3. The van der Waals surface area contributed by atoms with Crippen LogP contribution in [0.2, 0.25) is 0 Å². The predicted molar refractivity (Wildman–Crippen MR) is 114 cm³/mol. The average molecular weight is 423 g/mol. The van der Waals surface area contributed by atoms with E-state index < -0.39 is 0 Å². The minimum atomic E-state index is -0.368. The van der Waals surface area contributed by atoms with Crippen molar-refractivity contribution in [3.05, 3.63) is 36.5 Å². The van der Waals surface area contributed by atoms with Crippen LogP contribution in [0, 0.1) is 0 Å². The topological polar surface area (TPSA) is 101 Å². The first-order valence-electron chi connectivity index (χ1n) is 9.29. The number of hydrogen-bond acceptors (Lipinski definition) is 5. The highest BCUT2D eigenvalue weighted by molar-refractivity contribution is 6.00. The molecule has 0 atom stereocenters. The molecule has 29 heavy (non-hydrogen) atoms. The van der Waals surface area contributed by atoms with Gasteiger partial charge in [0, 0.05) is 19.2 Å². The van der Waals surface area contributed by atoms with Crippen molar-refractivity contribution in [2.24, 2.45) is 0 Å². The van der Waals surface area contributed by atoms with Crippen molar-refractivity contribution in [2.75, 3.05) is 44.4 Å². The van der Waals surface area contributed by atoms with E-state index in [4.69, 9.17) is 4.74 Å². The van der Waals surface area contributed by atoms with Gasteiger partial charge < -0.3 is 20.3 Å². The van der Waals surface area contributed by atoms with Gasteiger partial charge in [-0.15, -0.1) is 12.4 Å². The van der Waals surface area contributed by atoms with Crippen LogP contribution in [0.15, 0.2) is 36.5 Å². The molecule has 3 amide bonds. The van der Waals surface area contributed by atoms with Crippen molar-refractivity contribution in [3.8, 4) is 5.75 Å². The average Bonchev–Trinajstić information content (AvgIpc) is 3.16. The Hall–Kier alpha value is -2.78. The molecule has 3 N–H and O–H groups in total. The van der Waals surface area contributed by atoms with E-state index in [1.54, 1.807) is 38.6 Å². The lowest BCUT2D eigenvalue weighted by Gasteiger charge is -2.32. The number of aromatic nitrogens is 2. The highest BCUT2D eigenvalue weighted by Gasteiger charge is 2.25. The van der Waals surface area contributed by atoms with E-state index in [1.165, 1.54) is 0 Å². The summed E-state index contributed by atoms with van der Waals surface area (Å²) in [5.41, 5.74) is 0.588. The van der Waals surface area contributed by atoms with E-state index in [2.05, 4.69) is 21.0 Å². The lowest BCUT2D eigenvalue weighted by Crippen LogP contribution is -2.43. The van der Waals surface area contributed by atoms with Gasteiger partial charge in [-0.25, -0.2) is 9.48 Å². The number of nitrogens with zero attached hydrogens (tertiary/aromatic N) is 3. The smallest absolute Gasteiger partial charge is 0.324 e. The number of piperidine rings is 1. The molecule has 10 heteroatoms. The van der Waals surface area contributed by atoms with Gasteiger partial charge >= 0.3 is 6.03 Å². The van der Waals surface area contributed by atoms with Gasteiger partial charge in [-0.2, -0.15) is 5.10 Å². The van der Waals surface area contributed by atoms with Crippen molar-refractivity contribution in [1.82, 2.24) is 20.0 Å². The Labute approximate surface area is 176 Å². The van der Waals surface area contributed by atoms with Gasteiger partial charge in [-0.3, -0.25) is 10.1 Å². The summed E-state index contributed by atoms with van der Waals surface area (Å²) < 4.78 is 7.07. The van der Waals surface area contributed by atoms with Gasteiger partial charge in [0.25, 0.3) is 0 Å². The fraction of sp³-hybridized carbons (Fsp3) is 0.421. The zero-order valence-corrected chi connectivity index (χ0v) is 17.4. The molecule has 2 aromatic rings. The van der Waals surface area contributed by atoms with Crippen LogP contribution in [-0.2, 0) is 4.79 Å². The van der Waals surface area contributed by atoms with Crippen LogP contribution in [0.25, 0.3) is 0 Å². The summed E-state index contributed by atoms with van der Waals surface area (Å²) in [6, 6.07) is 8.75. The number of likely N-dealkylation sites (N-methyl/N-ethyl adjacent to an activating group) is 1. The summed E-state index contributed by atoms with van der Waals surface area (Å²) in [5.74, 6) is 1.31. The Kier molecular flexibility index (Phi) is 8.29. The van der Waals surface area contributed by atoms with E-state index in [0.29, 0.717) is 36.9 Å². The minimum absolute atomic E-state index is 0. The number of hydrogen-bond donors (Lipinski definition) is 3. The number of carbonyl (C=O) groups is 2. The van der Waals surface area contributed by atoms with Gasteiger partial charge in [0.1, 0.15) is 11.6 Å². The zero-order chi connectivity index (χ0) is 19.9. The van der Waals surface area contributed by atoms with E-state index >= 15 is 0 Å². The molecule has 0 bridgehead atoms. The molecule has 1 fully saturated rings. The van der Waals surface area contributed by atoms with Crippen molar-refractivity contribution >= 4 is 35.9 Å². The summed E-state index contributed by atoms with van der Waals surface area (Å²) >= 11 is 0. The minimum Gasteiger partial charge on any atom is -0.495 e. The Morgan fingerprint density at radius 3 is 2.59 bits per heavy atom. The van der Waals surface area contributed by atoms with Gasteiger partial charge in [0.2, 0.25) is 5.91 Å². The first-order chi connectivity index (χ1) is 13.6. The third-order valence-electron chi connectivity index (χ3n) is 4.76. The molecule has 2 heterocycles. The van der Waals surface area contributed by atoms with Crippen LogP contribution in [0.1, 0.15) is 18.9 Å². The molecule has 0 radical (unpaired) electrons. The highest BCUT2D eigenvalue weighted by Crippen LogP contribution is 2.26. The van der Waals surface area contributed by atoms with Crippen LogP contribution in [0.5, 0.6) is 5.75 Å². The molecule has 158 valence electrons. The van der Waals surface area contributed by atoms with Crippen molar-refractivity contribution in [3.63, 3.8) is 0 Å². The highest BCUT2D eigenvalue weighted by atomic mass is 35.5. The number of amides is 3. The number of benzene rings is 1. The molecule has 0 aliphatic carbocycles. The largest absolute Gasteiger partial charge is 0.495 e. The lowest BCUT2D eigenvalue weighted by molar-refractivity contribution is -0.131. The summed E-state index contributed by atoms with van der Waals surface area (Å²) in [6.45, 7) is 1.71. The first kappa shape index (κ1) is 22.5. The van der Waals surface area contributed by atoms with Crippen LogP contribution >= 0.6 is 12.4 Å². The molecule has 1 aliphatic heterocycles. The zero-order valence-electron chi connectivity index (χ0n) is 16.6. The molecule has 1 saturated heterocycles. The van der Waals surface area contributed by atoms with Gasteiger partial charge in [0.05, 0.1) is 31.6 Å². The maximum absolute atomic E-state index is 12.4. The van der Waals surface area contributed by atoms with Gasteiger partial charge in [0.15, 0.2) is 0 Å². The lowest BCUT2D eigenvalue weighted by atomic mass is 10.1. The third kappa shape index (κ3) is 5.61. The van der Waals surface area contributed by atoms with Gasteiger partial charge in [-0.1, -0.05) is 12.1 Å². The van der Waals surface area contributed by atoms with Crippen molar-refractivity contribution in [1.29, 1.82) is 0 Å². The fourth-order valence-corrected chi connectivity index (χ4v) is 3.34. The van der Waals surface area contributed by atoms with E-state index in [9.17, 15) is 9.59 Å². The Morgan fingerprint density at radius 1 is 1.17 bits per heavy atom. The number of para-hydroxylation sites is 2. The maximum atomic E-state index is 12.4. The van der Waals surface area contributed by atoms with Crippen LogP contribution in [0.3, 0.4) is 0 Å². The van der Waals surface area contributed by atoms with Crippen molar-refractivity contribution < 1.29 is 14.3 Å². The molecule has 0 unspecified atom stereocenters. The number of likely N-dealkylation sites (tertiary alicyclic amines) is 1. The molecule has 1 aromatic carbocycles. The molecule has 0 spiro atoms. The number of halogens is 1. The van der Waals surface area contributed by atoms with Crippen LogP contribution in [-0.4, -0.2) is 60.4 Å². The van der Waals surface area contributed by atoms with Crippen molar-refractivity contribution in [2.45, 2.75) is 18.9 Å². The first-order valence-corrected chi connectivity index (χ1v) is 9.29. The summed E-state index contributed by atoms with van der Waals surface area (Å²) in [6.07, 6.45) is 3.25. The molecule has 0 saturated carbocycles. The molecular weight excluding hydrogens is 396 g/mol. The molecule has 1 aromatic heterocycles. The van der Waals surface area contributed by atoms with E-state index in [1.807, 2.05) is 21.7 Å². The van der Waals surface area contributed by atoms with E-state index in [0.717, 1.165) is 12.8 Å². The number of ether oxygens (including phenoxy) is 1. The Bertz CT molecular complexity index is 820. The molecule has 3 rings (SSSR count). The Balaban J connectivity index is 0.00000300. The monoisotopic (exact) mass is 422 g/mol. The fourth-order valence-electron chi connectivity index (χ4n) is 3.34. The third-order valence-corrected chi connectivity index (χ3v) is 4.76. The van der Waals surface area contributed by atoms with E-state index in [-0.39, 0.29) is 30.4 Å². The SMILES string of the molecule is CNCC(=O)N1CCC(n2nccc2NC(=O)Nc2ccccc2OC)CC1.Cl.